The molecule has 0 aromatic carbocycles. The van der Waals surface area contributed by atoms with E-state index < -0.39 is 9.05 Å². The third-order valence-corrected chi connectivity index (χ3v) is 3.17. The first-order valence-corrected chi connectivity index (χ1v) is 5.66. The smallest absolute Gasteiger partial charge is 0.263 e. The average Bonchev–Trinajstić information content (AvgIpc) is 1.82. The minimum absolute atomic E-state index is 0.0463. The second-order valence-corrected chi connectivity index (χ2v) is 5.12. The van der Waals surface area contributed by atoms with E-state index in [-0.39, 0.29) is 9.92 Å². The van der Waals surface area contributed by atoms with Crippen LogP contribution in [0.15, 0.2) is 17.3 Å². The normalized spacial score (nSPS) is 11.6. The molecule has 12 heavy (non-hydrogen) atoms. The Morgan fingerprint density at radius 2 is 2.00 bits per heavy atom. The zero-order chi connectivity index (χ0) is 9.35. The van der Waals surface area contributed by atoms with Crippen LogP contribution in [-0.2, 0) is 9.05 Å². The van der Waals surface area contributed by atoms with Crippen molar-refractivity contribution in [1.82, 2.24) is 4.98 Å². The van der Waals surface area contributed by atoms with Crippen molar-refractivity contribution in [3.8, 4) is 0 Å². The molecule has 6 heteroatoms. The minimum atomic E-state index is -3.76. The van der Waals surface area contributed by atoms with Crippen LogP contribution in [0.25, 0.3) is 0 Å². The summed E-state index contributed by atoms with van der Waals surface area (Å²) in [5.41, 5.74) is 0.442. The first kappa shape index (κ1) is 9.77. The van der Waals surface area contributed by atoms with Gasteiger partial charge >= 0.3 is 0 Å². The number of hydrogen-bond acceptors (Lipinski definition) is 3. The second kappa shape index (κ2) is 3.20. The van der Waals surface area contributed by atoms with E-state index in [4.69, 9.17) is 22.3 Å². The highest BCUT2D eigenvalue weighted by atomic mass is 35.7. The van der Waals surface area contributed by atoms with Crippen molar-refractivity contribution in [1.29, 1.82) is 0 Å². The summed E-state index contributed by atoms with van der Waals surface area (Å²) in [4.78, 5) is 3.63. The Hall–Kier alpha value is -0.320. The van der Waals surface area contributed by atoms with Crippen molar-refractivity contribution in [2.45, 2.75) is 11.8 Å². The van der Waals surface area contributed by atoms with Gasteiger partial charge < -0.3 is 0 Å². The maximum absolute atomic E-state index is 10.9. The van der Waals surface area contributed by atoms with Crippen molar-refractivity contribution in [2.75, 3.05) is 0 Å². The van der Waals surface area contributed by atoms with Gasteiger partial charge in [0.15, 0.2) is 0 Å². The van der Waals surface area contributed by atoms with Gasteiger partial charge in [-0.3, -0.25) is 4.98 Å². The molecule has 1 aromatic heterocycles. The highest BCUT2D eigenvalue weighted by Gasteiger charge is 2.17. The van der Waals surface area contributed by atoms with Crippen LogP contribution in [0.3, 0.4) is 0 Å². The van der Waals surface area contributed by atoms with E-state index in [1.807, 2.05) is 0 Å². The quantitative estimate of drug-likeness (QED) is 0.687. The van der Waals surface area contributed by atoms with Gasteiger partial charge in [-0.25, -0.2) is 8.42 Å². The molecule has 1 rings (SSSR count). The Balaban J connectivity index is 3.53. The molecule has 0 aliphatic rings. The number of aryl methyl sites for hydroxylation is 1. The molecule has 0 atom stereocenters. The monoisotopic (exact) mass is 225 g/mol. The number of halogens is 2. The number of pyridine rings is 1. The number of rotatable bonds is 1. The molecule has 0 saturated carbocycles. The fourth-order valence-corrected chi connectivity index (χ4v) is 2.79. The molecule has 3 nitrogen and oxygen atoms in total. The lowest BCUT2D eigenvalue weighted by Crippen LogP contribution is -1.96. The van der Waals surface area contributed by atoms with Crippen LogP contribution >= 0.6 is 22.3 Å². The molecule has 0 unspecified atom stereocenters. The zero-order valence-electron chi connectivity index (χ0n) is 6.08. The van der Waals surface area contributed by atoms with E-state index in [0.29, 0.717) is 5.56 Å². The van der Waals surface area contributed by atoms with E-state index in [1.165, 1.54) is 12.4 Å². The first-order valence-electron chi connectivity index (χ1n) is 2.97. The fourth-order valence-electron chi connectivity index (χ4n) is 0.829. The summed E-state index contributed by atoms with van der Waals surface area (Å²) in [5, 5.41) is 0.0463. The minimum Gasteiger partial charge on any atom is -0.263 e. The van der Waals surface area contributed by atoms with E-state index in [0.717, 1.165) is 0 Å². The second-order valence-electron chi connectivity index (χ2n) is 2.21. The molecule has 66 valence electrons. The molecule has 1 aromatic rings. The number of hydrogen-bond donors (Lipinski definition) is 0. The summed E-state index contributed by atoms with van der Waals surface area (Å²) in [6.45, 7) is 1.58. The SMILES string of the molecule is Cc1cncc(Cl)c1S(=O)(=O)Cl. The molecule has 0 aliphatic carbocycles. The van der Waals surface area contributed by atoms with Crippen molar-refractivity contribution in [3.63, 3.8) is 0 Å². The van der Waals surface area contributed by atoms with Crippen LogP contribution in [0.5, 0.6) is 0 Å². The van der Waals surface area contributed by atoms with Gasteiger partial charge in [0.05, 0.1) is 5.02 Å². The van der Waals surface area contributed by atoms with Crippen LogP contribution in [0.4, 0.5) is 0 Å². The van der Waals surface area contributed by atoms with Crippen LogP contribution < -0.4 is 0 Å². The van der Waals surface area contributed by atoms with Crippen LogP contribution in [-0.4, -0.2) is 13.4 Å². The Morgan fingerprint density at radius 3 is 2.33 bits per heavy atom. The summed E-state index contributed by atoms with van der Waals surface area (Å²) in [7, 11) is 1.37. The third-order valence-electron chi connectivity index (χ3n) is 1.27. The maximum Gasteiger partial charge on any atom is 0.263 e. The van der Waals surface area contributed by atoms with E-state index in [9.17, 15) is 8.42 Å². The summed E-state index contributed by atoms with van der Waals surface area (Å²) in [6.07, 6.45) is 2.63. The Bertz CT molecular complexity index is 382. The maximum atomic E-state index is 10.9. The highest BCUT2D eigenvalue weighted by Crippen LogP contribution is 2.26. The van der Waals surface area contributed by atoms with Crippen LogP contribution in [0.1, 0.15) is 5.56 Å². The van der Waals surface area contributed by atoms with Crippen LogP contribution in [0.2, 0.25) is 5.02 Å². The lowest BCUT2D eigenvalue weighted by Gasteiger charge is -2.01. The van der Waals surface area contributed by atoms with Gasteiger partial charge in [0.25, 0.3) is 9.05 Å². The van der Waals surface area contributed by atoms with Crippen LogP contribution in [0, 0.1) is 6.92 Å². The lowest BCUT2D eigenvalue weighted by molar-refractivity contribution is 0.609. The van der Waals surface area contributed by atoms with E-state index >= 15 is 0 Å². The largest absolute Gasteiger partial charge is 0.263 e. The van der Waals surface area contributed by atoms with Gasteiger partial charge in [0.1, 0.15) is 4.90 Å². The van der Waals surface area contributed by atoms with Crippen molar-refractivity contribution in [2.24, 2.45) is 0 Å². The van der Waals surface area contributed by atoms with Crippen molar-refractivity contribution < 1.29 is 8.42 Å². The van der Waals surface area contributed by atoms with Gasteiger partial charge in [-0.15, -0.1) is 0 Å². The lowest BCUT2D eigenvalue weighted by atomic mass is 10.3. The van der Waals surface area contributed by atoms with Gasteiger partial charge in [-0.2, -0.15) is 0 Å². The summed E-state index contributed by atoms with van der Waals surface area (Å²) in [5.74, 6) is 0. The van der Waals surface area contributed by atoms with Gasteiger partial charge in [-0.05, 0) is 12.5 Å². The molecular weight excluding hydrogens is 221 g/mol. The summed E-state index contributed by atoms with van der Waals surface area (Å²) >= 11 is 5.59. The van der Waals surface area contributed by atoms with Crippen molar-refractivity contribution >= 4 is 31.3 Å². The molecule has 0 fully saturated rings. The Morgan fingerprint density at radius 1 is 1.42 bits per heavy atom. The molecule has 0 radical (unpaired) electrons. The van der Waals surface area contributed by atoms with E-state index in [2.05, 4.69) is 4.98 Å². The highest BCUT2D eigenvalue weighted by molar-refractivity contribution is 8.13. The Labute approximate surface area is 79.8 Å². The fraction of sp³-hybridized carbons (Fsp3) is 0.167. The molecule has 1 heterocycles. The first-order chi connectivity index (χ1) is 5.43. The molecule has 0 N–H and O–H groups in total. The predicted molar refractivity (Wildman–Crippen MR) is 47.0 cm³/mol. The molecule has 0 bridgehead atoms. The number of aromatic nitrogens is 1. The molecule has 0 saturated heterocycles. The number of nitrogens with zero attached hydrogens (tertiary/aromatic N) is 1. The zero-order valence-corrected chi connectivity index (χ0v) is 8.41. The summed E-state index contributed by atoms with van der Waals surface area (Å²) < 4.78 is 21.9. The molecule has 0 aliphatic heterocycles. The predicted octanol–water partition coefficient (Wildman–Crippen LogP) is 1.97. The van der Waals surface area contributed by atoms with E-state index in [1.54, 1.807) is 6.92 Å². The Kier molecular flexibility index (Phi) is 2.61. The third kappa shape index (κ3) is 1.88. The van der Waals surface area contributed by atoms with Gasteiger partial charge in [-0.1, -0.05) is 11.6 Å². The van der Waals surface area contributed by atoms with Gasteiger partial charge in [0.2, 0.25) is 0 Å². The standard InChI is InChI=1S/C6H5Cl2NO2S/c1-4-2-9-3-5(7)6(4)12(8,10)11/h2-3H,1H3. The molecule has 0 spiro atoms. The summed E-state index contributed by atoms with van der Waals surface area (Å²) in [6, 6.07) is 0. The molecule has 0 amide bonds. The molecular formula is C6H5Cl2NO2S. The van der Waals surface area contributed by atoms with Gasteiger partial charge in [0, 0.05) is 23.1 Å². The topological polar surface area (TPSA) is 47.0 Å². The van der Waals surface area contributed by atoms with Crippen molar-refractivity contribution in [3.05, 3.63) is 23.0 Å². The average molecular weight is 226 g/mol.